The smallest absolute Gasteiger partial charge is 0.132 e. The fraction of sp³-hybridized carbons (Fsp3) is 0.893. The van der Waals surface area contributed by atoms with Crippen molar-refractivity contribution in [1.82, 2.24) is 0 Å². The number of aliphatic hydroxyl groups excluding tert-OH is 1. The number of aliphatic hydroxyl groups is 1. The van der Waals surface area contributed by atoms with Gasteiger partial charge in [-0.05, 0) is 38.5 Å². The molecule has 1 N–H and O–H groups in total. The van der Waals surface area contributed by atoms with Crippen LogP contribution in [-0.2, 0) is 4.79 Å². The van der Waals surface area contributed by atoms with Gasteiger partial charge < -0.3 is 5.11 Å². The first-order valence-corrected chi connectivity index (χ1v) is 13.5. The van der Waals surface area contributed by atoms with Crippen LogP contribution in [0, 0.1) is 0 Å². The summed E-state index contributed by atoms with van der Waals surface area (Å²) < 4.78 is 0. The zero-order valence-corrected chi connectivity index (χ0v) is 20.6. The summed E-state index contributed by atoms with van der Waals surface area (Å²) in [5.74, 6) is 0.483. The van der Waals surface area contributed by atoms with Crippen molar-refractivity contribution >= 4 is 5.78 Å². The van der Waals surface area contributed by atoms with Crippen LogP contribution in [0.15, 0.2) is 12.2 Å². The van der Waals surface area contributed by atoms with Gasteiger partial charge in [0, 0.05) is 12.8 Å². The fourth-order valence-corrected chi connectivity index (χ4v) is 3.99. The summed E-state index contributed by atoms with van der Waals surface area (Å²) in [6.45, 7) is 4.48. The van der Waals surface area contributed by atoms with Gasteiger partial charge in [0.2, 0.25) is 0 Å². The average molecular weight is 423 g/mol. The molecular formula is C28H54O2. The van der Waals surface area contributed by atoms with E-state index in [1.807, 2.05) is 0 Å². The Morgan fingerprint density at radius 1 is 0.633 bits per heavy atom. The Balaban J connectivity index is 3.30. The van der Waals surface area contributed by atoms with Crippen molar-refractivity contribution in [3.63, 3.8) is 0 Å². The van der Waals surface area contributed by atoms with Crippen molar-refractivity contribution in [1.29, 1.82) is 0 Å². The van der Waals surface area contributed by atoms with Gasteiger partial charge in [-0.15, -0.1) is 0 Å². The molecule has 2 nitrogen and oxygen atoms in total. The minimum Gasteiger partial charge on any atom is -0.393 e. The van der Waals surface area contributed by atoms with Gasteiger partial charge in [-0.3, -0.25) is 4.79 Å². The molecular weight excluding hydrogens is 368 g/mol. The average Bonchev–Trinajstić information content (AvgIpc) is 2.74. The van der Waals surface area contributed by atoms with Gasteiger partial charge in [-0.25, -0.2) is 0 Å². The summed E-state index contributed by atoms with van der Waals surface area (Å²) in [6, 6.07) is 0. The lowest BCUT2D eigenvalue weighted by molar-refractivity contribution is -0.119. The maximum absolute atomic E-state index is 11.9. The summed E-state index contributed by atoms with van der Waals surface area (Å²) in [5.41, 5.74) is 0. The number of rotatable bonds is 24. The second-order valence-electron chi connectivity index (χ2n) is 9.28. The van der Waals surface area contributed by atoms with Gasteiger partial charge in [0.25, 0.3) is 0 Å². The van der Waals surface area contributed by atoms with E-state index < -0.39 is 0 Å². The molecule has 0 aromatic rings. The first-order valence-electron chi connectivity index (χ1n) is 13.5. The van der Waals surface area contributed by atoms with Crippen LogP contribution in [0.4, 0.5) is 0 Å². The van der Waals surface area contributed by atoms with Crippen molar-refractivity contribution < 1.29 is 9.90 Å². The number of Topliss-reactive ketones (excluding diaryl/α,β-unsaturated/α-hetero) is 1. The van der Waals surface area contributed by atoms with Crippen LogP contribution < -0.4 is 0 Å². The largest absolute Gasteiger partial charge is 0.393 e. The van der Waals surface area contributed by atoms with Crippen LogP contribution in [0.25, 0.3) is 0 Å². The minimum atomic E-state index is -0.151. The molecule has 0 bridgehead atoms. The molecule has 0 aliphatic heterocycles. The number of allylic oxidation sites excluding steroid dienone is 1. The van der Waals surface area contributed by atoms with Crippen LogP contribution in [-0.4, -0.2) is 17.0 Å². The highest BCUT2D eigenvalue weighted by Crippen LogP contribution is 2.13. The normalized spacial score (nSPS) is 12.6. The Kier molecular flexibility index (Phi) is 24.1. The van der Waals surface area contributed by atoms with Crippen molar-refractivity contribution in [3.8, 4) is 0 Å². The Hall–Kier alpha value is -0.630. The lowest BCUT2D eigenvalue weighted by Gasteiger charge is -2.07. The summed E-state index contributed by atoms with van der Waals surface area (Å²) in [6.07, 6.45) is 30.2. The van der Waals surface area contributed by atoms with E-state index in [4.69, 9.17) is 0 Å². The van der Waals surface area contributed by atoms with Gasteiger partial charge in [0.05, 0.1) is 6.10 Å². The van der Waals surface area contributed by atoms with E-state index in [-0.39, 0.29) is 6.10 Å². The molecule has 0 unspecified atom stereocenters. The second kappa shape index (κ2) is 24.6. The Bertz CT molecular complexity index is 375. The maximum atomic E-state index is 11.9. The molecule has 0 fully saturated rings. The number of unbranched alkanes of at least 4 members (excludes halogenated alkanes) is 15. The van der Waals surface area contributed by atoms with Gasteiger partial charge in [0.15, 0.2) is 0 Å². The van der Waals surface area contributed by atoms with E-state index in [2.05, 4.69) is 26.0 Å². The highest BCUT2D eigenvalue weighted by atomic mass is 16.3. The quantitative estimate of drug-likeness (QED) is 0.124. The number of carbonyl (C=O) groups excluding carboxylic acids is 1. The molecule has 1 atom stereocenters. The summed E-state index contributed by atoms with van der Waals surface area (Å²) in [7, 11) is 0. The Labute approximate surface area is 189 Å². The SMILES string of the molecule is CCCCCCCCCCC(=O)CCCCCCCC=CC[C@H](O)CCCCCC. The van der Waals surface area contributed by atoms with Crippen LogP contribution >= 0.6 is 0 Å². The molecule has 0 radical (unpaired) electrons. The number of ketones is 1. The zero-order chi connectivity index (χ0) is 22.1. The third-order valence-corrected chi connectivity index (χ3v) is 6.10. The van der Waals surface area contributed by atoms with E-state index in [0.717, 1.165) is 51.4 Å². The Morgan fingerprint density at radius 3 is 1.67 bits per heavy atom. The van der Waals surface area contributed by atoms with E-state index in [9.17, 15) is 9.90 Å². The fourth-order valence-electron chi connectivity index (χ4n) is 3.99. The molecule has 30 heavy (non-hydrogen) atoms. The van der Waals surface area contributed by atoms with E-state index >= 15 is 0 Å². The number of hydrogen-bond acceptors (Lipinski definition) is 2. The lowest BCUT2D eigenvalue weighted by atomic mass is 10.0. The molecule has 0 rings (SSSR count). The molecule has 2 heteroatoms. The van der Waals surface area contributed by atoms with Crippen LogP contribution in [0.3, 0.4) is 0 Å². The molecule has 0 spiro atoms. The Morgan fingerprint density at radius 2 is 1.10 bits per heavy atom. The van der Waals surface area contributed by atoms with Crippen molar-refractivity contribution in [3.05, 3.63) is 12.2 Å². The molecule has 0 aliphatic rings. The standard InChI is InChI=1S/C28H54O2/c1-3-5-7-9-10-13-16-20-25-28(30)26-22-18-15-12-11-14-17-21-24-27(29)23-19-8-6-4-2/h17,21,27,29H,3-16,18-20,22-26H2,1-2H3/t27-/m1/s1. The highest BCUT2D eigenvalue weighted by molar-refractivity contribution is 5.78. The maximum Gasteiger partial charge on any atom is 0.132 e. The van der Waals surface area contributed by atoms with E-state index in [1.165, 1.54) is 89.9 Å². The molecule has 178 valence electrons. The molecule has 0 aromatic heterocycles. The summed E-state index contributed by atoms with van der Waals surface area (Å²) in [5, 5.41) is 9.93. The topological polar surface area (TPSA) is 37.3 Å². The van der Waals surface area contributed by atoms with Gasteiger partial charge in [0.1, 0.15) is 5.78 Å². The zero-order valence-electron chi connectivity index (χ0n) is 20.6. The van der Waals surface area contributed by atoms with Crippen molar-refractivity contribution in [2.75, 3.05) is 0 Å². The molecule has 0 aromatic carbocycles. The monoisotopic (exact) mass is 422 g/mol. The predicted octanol–water partition coefficient (Wildman–Crippen LogP) is 9.09. The number of hydrogen-bond donors (Lipinski definition) is 1. The summed E-state index contributed by atoms with van der Waals surface area (Å²) in [4.78, 5) is 11.9. The van der Waals surface area contributed by atoms with Crippen LogP contribution in [0.2, 0.25) is 0 Å². The number of carbonyl (C=O) groups is 1. The molecule has 0 amide bonds. The predicted molar refractivity (Wildman–Crippen MR) is 133 cm³/mol. The minimum absolute atomic E-state index is 0.151. The van der Waals surface area contributed by atoms with E-state index in [1.54, 1.807) is 0 Å². The lowest BCUT2D eigenvalue weighted by Crippen LogP contribution is -2.04. The van der Waals surface area contributed by atoms with Crippen molar-refractivity contribution in [2.24, 2.45) is 0 Å². The molecule has 0 saturated carbocycles. The van der Waals surface area contributed by atoms with Gasteiger partial charge in [-0.2, -0.15) is 0 Å². The first kappa shape index (κ1) is 29.4. The van der Waals surface area contributed by atoms with Gasteiger partial charge in [-0.1, -0.05) is 116 Å². The van der Waals surface area contributed by atoms with Crippen LogP contribution in [0.5, 0.6) is 0 Å². The van der Waals surface area contributed by atoms with E-state index in [0.29, 0.717) is 5.78 Å². The highest BCUT2D eigenvalue weighted by Gasteiger charge is 2.02. The molecule has 0 aliphatic carbocycles. The second-order valence-corrected chi connectivity index (χ2v) is 9.28. The first-order chi connectivity index (χ1) is 14.7. The van der Waals surface area contributed by atoms with Gasteiger partial charge >= 0.3 is 0 Å². The summed E-state index contributed by atoms with van der Waals surface area (Å²) >= 11 is 0. The van der Waals surface area contributed by atoms with Crippen molar-refractivity contribution in [2.45, 2.75) is 161 Å². The molecule has 0 saturated heterocycles. The molecule has 0 heterocycles. The van der Waals surface area contributed by atoms with Crippen LogP contribution in [0.1, 0.15) is 155 Å². The third kappa shape index (κ3) is 23.6. The third-order valence-electron chi connectivity index (χ3n) is 6.10.